The van der Waals surface area contributed by atoms with Crippen molar-refractivity contribution in [1.82, 2.24) is 0 Å². The van der Waals surface area contributed by atoms with Gasteiger partial charge in [0.25, 0.3) is 0 Å². The van der Waals surface area contributed by atoms with E-state index in [9.17, 15) is 4.39 Å². The van der Waals surface area contributed by atoms with Gasteiger partial charge in [-0.05, 0) is 45.2 Å². The van der Waals surface area contributed by atoms with Gasteiger partial charge < -0.3 is 10.1 Å². The van der Waals surface area contributed by atoms with E-state index >= 15 is 0 Å². The molecule has 18 heavy (non-hydrogen) atoms. The van der Waals surface area contributed by atoms with E-state index in [1.165, 1.54) is 6.07 Å². The van der Waals surface area contributed by atoms with Crippen LogP contribution >= 0.6 is 0 Å². The average Bonchev–Trinajstić information content (AvgIpc) is 2.35. The third-order valence-corrected chi connectivity index (χ3v) is 3.97. The molecule has 1 aliphatic rings. The molecule has 3 heteroatoms. The second kappa shape index (κ2) is 5.27. The van der Waals surface area contributed by atoms with Crippen LogP contribution in [0.2, 0.25) is 0 Å². The van der Waals surface area contributed by atoms with Crippen LogP contribution in [-0.2, 0) is 4.74 Å². The summed E-state index contributed by atoms with van der Waals surface area (Å²) in [7, 11) is 0. The van der Waals surface area contributed by atoms with Gasteiger partial charge in [-0.25, -0.2) is 4.39 Å². The van der Waals surface area contributed by atoms with Crippen LogP contribution in [0.5, 0.6) is 0 Å². The molecule has 1 heterocycles. The van der Waals surface area contributed by atoms with Crippen LogP contribution in [0.4, 0.5) is 10.1 Å². The normalized spacial score (nSPS) is 28.1. The van der Waals surface area contributed by atoms with Gasteiger partial charge in [-0.1, -0.05) is 13.0 Å². The number of hydrogen-bond donors (Lipinski definition) is 1. The molecule has 1 aromatic rings. The molecule has 1 fully saturated rings. The van der Waals surface area contributed by atoms with Crippen LogP contribution in [0, 0.1) is 12.7 Å². The second-order valence-electron chi connectivity index (χ2n) is 5.40. The van der Waals surface area contributed by atoms with Gasteiger partial charge in [0.1, 0.15) is 5.82 Å². The minimum absolute atomic E-state index is 0.0445. The molecule has 1 aromatic carbocycles. The molecular formula is C15H22FNO. The molecule has 0 aliphatic carbocycles. The number of hydrogen-bond acceptors (Lipinski definition) is 2. The van der Waals surface area contributed by atoms with Crippen molar-refractivity contribution in [2.45, 2.75) is 51.7 Å². The molecule has 0 aromatic heterocycles. The zero-order chi connectivity index (χ0) is 13.2. The highest BCUT2D eigenvalue weighted by Crippen LogP contribution is 2.30. The van der Waals surface area contributed by atoms with Crippen molar-refractivity contribution in [3.63, 3.8) is 0 Å². The standard InChI is InChI=1S/C15H22FNO/c1-4-15(3)10-12(8-9-18-15)17-14-7-5-6-13(16)11(14)2/h5-7,12,17H,4,8-10H2,1-3H3. The van der Waals surface area contributed by atoms with Crippen molar-refractivity contribution < 1.29 is 9.13 Å². The van der Waals surface area contributed by atoms with Gasteiger partial charge in [-0.15, -0.1) is 0 Å². The lowest BCUT2D eigenvalue weighted by Gasteiger charge is -2.38. The van der Waals surface area contributed by atoms with E-state index in [1.807, 2.05) is 13.0 Å². The number of halogens is 1. The third kappa shape index (κ3) is 2.83. The Kier molecular flexibility index (Phi) is 3.91. The Labute approximate surface area is 109 Å². The molecule has 0 radical (unpaired) electrons. The third-order valence-electron chi connectivity index (χ3n) is 3.97. The predicted octanol–water partition coefficient (Wildman–Crippen LogP) is 3.89. The molecule has 0 saturated carbocycles. The predicted molar refractivity (Wildman–Crippen MR) is 72.4 cm³/mol. The molecule has 2 nitrogen and oxygen atoms in total. The zero-order valence-corrected chi connectivity index (χ0v) is 11.4. The number of rotatable bonds is 3. The Hall–Kier alpha value is -1.09. The quantitative estimate of drug-likeness (QED) is 0.880. The van der Waals surface area contributed by atoms with Crippen molar-refractivity contribution in [2.24, 2.45) is 0 Å². The Morgan fingerprint density at radius 1 is 1.50 bits per heavy atom. The van der Waals surface area contributed by atoms with E-state index < -0.39 is 0 Å². The summed E-state index contributed by atoms with van der Waals surface area (Å²) in [5.41, 5.74) is 1.56. The lowest BCUT2D eigenvalue weighted by molar-refractivity contribution is -0.0708. The first kappa shape index (κ1) is 13.3. The van der Waals surface area contributed by atoms with Crippen LogP contribution in [-0.4, -0.2) is 18.2 Å². The zero-order valence-electron chi connectivity index (χ0n) is 11.4. The number of anilines is 1. The Morgan fingerprint density at radius 3 is 3.00 bits per heavy atom. The van der Waals surface area contributed by atoms with E-state index in [2.05, 4.69) is 19.2 Å². The molecule has 2 unspecified atom stereocenters. The highest BCUT2D eigenvalue weighted by molar-refractivity contribution is 5.51. The van der Waals surface area contributed by atoms with Gasteiger partial charge in [0.05, 0.1) is 5.60 Å². The van der Waals surface area contributed by atoms with E-state index in [4.69, 9.17) is 4.74 Å². The van der Waals surface area contributed by atoms with E-state index in [0.717, 1.165) is 31.6 Å². The summed E-state index contributed by atoms with van der Waals surface area (Å²) in [6.45, 7) is 6.89. The van der Waals surface area contributed by atoms with Gasteiger partial charge in [0.2, 0.25) is 0 Å². The van der Waals surface area contributed by atoms with Gasteiger partial charge >= 0.3 is 0 Å². The summed E-state index contributed by atoms with van der Waals surface area (Å²) in [6, 6.07) is 5.56. The van der Waals surface area contributed by atoms with Crippen LogP contribution in [0.1, 0.15) is 38.7 Å². The maximum Gasteiger partial charge on any atom is 0.128 e. The molecule has 2 rings (SSSR count). The first-order valence-electron chi connectivity index (χ1n) is 6.70. The summed E-state index contributed by atoms with van der Waals surface area (Å²) in [4.78, 5) is 0. The summed E-state index contributed by atoms with van der Waals surface area (Å²) in [6.07, 6.45) is 2.96. The van der Waals surface area contributed by atoms with Crippen LogP contribution in [0.15, 0.2) is 18.2 Å². The van der Waals surface area contributed by atoms with Crippen molar-refractivity contribution >= 4 is 5.69 Å². The summed E-state index contributed by atoms with van der Waals surface area (Å²) < 4.78 is 19.3. The molecule has 0 bridgehead atoms. The Bertz CT molecular complexity index is 421. The lowest BCUT2D eigenvalue weighted by atomic mass is 9.89. The number of ether oxygens (including phenoxy) is 1. The number of benzene rings is 1. The summed E-state index contributed by atoms with van der Waals surface area (Å²) >= 11 is 0. The molecular weight excluding hydrogens is 229 g/mol. The fourth-order valence-corrected chi connectivity index (χ4v) is 2.48. The molecule has 100 valence electrons. The minimum atomic E-state index is -0.148. The molecule has 1 N–H and O–H groups in total. The molecule has 0 amide bonds. The first-order chi connectivity index (χ1) is 8.54. The fourth-order valence-electron chi connectivity index (χ4n) is 2.48. The molecule has 1 saturated heterocycles. The largest absolute Gasteiger partial charge is 0.382 e. The summed E-state index contributed by atoms with van der Waals surface area (Å²) in [5, 5.41) is 3.46. The Balaban J connectivity index is 2.07. The number of nitrogens with one attached hydrogen (secondary N) is 1. The lowest BCUT2D eigenvalue weighted by Crippen LogP contribution is -2.42. The van der Waals surface area contributed by atoms with E-state index in [1.54, 1.807) is 6.07 Å². The fraction of sp³-hybridized carbons (Fsp3) is 0.600. The maximum atomic E-state index is 13.5. The average molecular weight is 251 g/mol. The SMILES string of the molecule is CCC1(C)CC(Nc2cccc(F)c2C)CCO1. The monoisotopic (exact) mass is 251 g/mol. The van der Waals surface area contributed by atoms with Gasteiger partial charge in [0.15, 0.2) is 0 Å². The smallest absolute Gasteiger partial charge is 0.128 e. The van der Waals surface area contributed by atoms with Crippen molar-refractivity contribution in [2.75, 3.05) is 11.9 Å². The van der Waals surface area contributed by atoms with Crippen molar-refractivity contribution in [1.29, 1.82) is 0 Å². The highest BCUT2D eigenvalue weighted by atomic mass is 19.1. The van der Waals surface area contributed by atoms with Crippen molar-refractivity contribution in [3.8, 4) is 0 Å². The molecule has 0 spiro atoms. The van der Waals surface area contributed by atoms with Crippen LogP contribution in [0.25, 0.3) is 0 Å². The topological polar surface area (TPSA) is 21.3 Å². The highest BCUT2D eigenvalue weighted by Gasteiger charge is 2.31. The van der Waals surface area contributed by atoms with Crippen molar-refractivity contribution in [3.05, 3.63) is 29.6 Å². The van der Waals surface area contributed by atoms with Gasteiger partial charge in [-0.2, -0.15) is 0 Å². The second-order valence-corrected chi connectivity index (χ2v) is 5.40. The van der Waals surface area contributed by atoms with Gasteiger partial charge in [-0.3, -0.25) is 0 Å². The first-order valence-corrected chi connectivity index (χ1v) is 6.70. The van der Waals surface area contributed by atoms with Crippen LogP contribution in [0.3, 0.4) is 0 Å². The van der Waals surface area contributed by atoms with E-state index in [0.29, 0.717) is 11.6 Å². The van der Waals surface area contributed by atoms with Gasteiger partial charge in [0, 0.05) is 23.9 Å². The molecule has 2 atom stereocenters. The molecule has 1 aliphatic heterocycles. The Morgan fingerprint density at radius 2 is 2.28 bits per heavy atom. The minimum Gasteiger partial charge on any atom is -0.382 e. The van der Waals surface area contributed by atoms with Crippen LogP contribution < -0.4 is 5.32 Å². The van der Waals surface area contributed by atoms with E-state index in [-0.39, 0.29) is 11.4 Å². The maximum absolute atomic E-state index is 13.5. The summed E-state index contributed by atoms with van der Waals surface area (Å²) in [5.74, 6) is -0.148.